The molecule has 172 valence electrons. The number of rotatable bonds is 7. The van der Waals surface area contributed by atoms with Crippen LogP contribution in [0.15, 0.2) is 53.4 Å². The Morgan fingerprint density at radius 1 is 0.969 bits per heavy atom. The lowest BCUT2D eigenvalue weighted by atomic mass is 9.98. The number of hydrogen-bond acceptors (Lipinski definition) is 4. The lowest BCUT2D eigenvalue weighted by Gasteiger charge is -2.31. The molecule has 4 rings (SSSR count). The highest BCUT2D eigenvalue weighted by Crippen LogP contribution is 2.24. The number of aryl methyl sites for hydroxylation is 1. The van der Waals surface area contributed by atoms with Gasteiger partial charge in [-0.25, -0.2) is 8.42 Å². The molecule has 1 amide bonds. The van der Waals surface area contributed by atoms with Crippen molar-refractivity contribution in [2.45, 2.75) is 50.6 Å². The van der Waals surface area contributed by atoms with Gasteiger partial charge in [-0.2, -0.15) is 4.31 Å². The zero-order valence-corrected chi connectivity index (χ0v) is 19.6. The van der Waals surface area contributed by atoms with Crippen LogP contribution >= 0.6 is 0 Å². The third-order valence-electron chi connectivity index (χ3n) is 6.58. The fourth-order valence-corrected chi connectivity index (χ4v) is 6.15. The van der Waals surface area contributed by atoms with E-state index in [1.54, 1.807) is 24.3 Å². The summed E-state index contributed by atoms with van der Waals surface area (Å²) < 4.78 is 27.6. The molecular weight excluding hydrogens is 422 g/mol. The van der Waals surface area contributed by atoms with Gasteiger partial charge in [-0.05, 0) is 69.0 Å². The number of carbonyl (C=O) groups is 1. The molecule has 2 aromatic carbocycles. The molecular formula is C25H33N3O3S. The molecule has 0 saturated carbocycles. The predicted octanol–water partition coefficient (Wildman–Crippen LogP) is 3.31. The first kappa shape index (κ1) is 23.0. The van der Waals surface area contributed by atoms with Gasteiger partial charge in [0.2, 0.25) is 15.9 Å². The maximum absolute atomic E-state index is 13.0. The molecule has 2 saturated heterocycles. The Morgan fingerprint density at radius 3 is 2.38 bits per heavy atom. The molecule has 0 bridgehead atoms. The topological polar surface area (TPSA) is 69.7 Å². The molecule has 6 nitrogen and oxygen atoms in total. The maximum Gasteiger partial charge on any atom is 0.243 e. The van der Waals surface area contributed by atoms with Gasteiger partial charge in [0, 0.05) is 26.2 Å². The molecule has 2 fully saturated rings. The van der Waals surface area contributed by atoms with E-state index in [2.05, 4.69) is 22.3 Å². The number of sulfonamides is 1. The Morgan fingerprint density at radius 2 is 1.66 bits per heavy atom. The Hall–Kier alpha value is -2.22. The van der Waals surface area contributed by atoms with Gasteiger partial charge in [-0.1, -0.05) is 42.0 Å². The zero-order chi connectivity index (χ0) is 22.6. The summed E-state index contributed by atoms with van der Waals surface area (Å²) in [6.45, 7) is 6.28. The third-order valence-corrected chi connectivity index (χ3v) is 8.46. The highest BCUT2D eigenvalue weighted by atomic mass is 32.2. The number of nitrogens with one attached hydrogen (secondary N) is 1. The summed E-state index contributed by atoms with van der Waals surface area (Å²) in [4.78, 5) is 15.7. The largest absolute Gasteiger partial charge is 0.352 e. The zero-order valence-electron chi connectivity index (χ0n) is 18.8. The van der Waals surface area contributed by atoms with E-state index >= 15 is 0 Å². The van der Waals surface area contributed by atoms with Crippen molar-refractivity contribution in [3.63, 3.8) is 0 Å². The predicted molar refractivity (Wildman–Crippen MR) is 125 cm³/mol. The Kier molecular flexibility index (Phi) is 7.28. The van der Waals surface area contributed by atoms with Crippen molar-refractivity contribution in [2.24, 2.45) is 5.92 Å². The van der Waals surface area contributed by atoms with Crippen LogP contribution in [0.25, 0.3) is 0 Å². The van der Waals surface area contributed by atoms with Crippen LogP contribution in [0.2, 0.25) is 0 Å². The SMILES string of the molecule is Cc1ccc(S(=O)(=O)N2CCC[C@H](C(=O)NCc3ccccc3CN3CCCC3)C2)cc1. The molecule has 1 N–H and O–H groups in total. The number of benzene rings is 2. The van der Waals surface area contributed by atoms with Crippen LogP contribution in [0.3, 0.4) is 0 Å². The van der Waals surface area contributed by atoms with Crippen LogP contribution in [0.5, 0.6) is 0 Å². The van der Waals surface area contributed by atoms with Gasteiger partial charge in [-0.3, -0.25) is 9.69 Å². The number of nitrogens with zero attached hydrogens (tertiary/aromatic N) is 2. The molecule has 0 spiro atoms. The van der Waals surface area contributed by atoms with Crippen molar-refractivity contribution in [3.05, 3.63) is 65.2 Å². The second kappa shape index (κ2) is 10.1. The van der Waals surface area contributed by atoms with E-state index in [1.165, 1.54) is 22.7 Å². The monoisotopic (exact) mass is 455 g/mol. The molecule has 32 heavy (non-hydrogen) atoms. The molecule has 0 aromatic heterocycles. The molecule has 2 heterocycles. The third kappa shape index (κ3) is 5.39. The first-order valence-corrected chi connectivity index (χ1v) is 13.0. The molecule has 2 aliphatic rings. The van der Waals surface area contributed by atoms with Gasteiger partial charge in [-0.15, -0.1) is 0 Å². The Balaban J connectivity index is 1.37. The average Bonchev–Trinajstić information content (AvgIpc) is 3.32. The van der Waals surface area contributed by atoms with Crippen LogP contribution in [-0.4, -0.2) is 49.7 Å². The normalized spacial score (nSPS) is 20.3. The summed E-state index contributed by atoms with van der Waals surface area (Å²) >= 11 is 0. The summed E-state index contributed by atoms with van der Waals surface area (Å²) in [5.41, 5.74) is 3.40. The van der Waals surface area contributed by atoms with Crippen LogP contribution in [0, 0.1) is 12.8 Å². The molecule has 2 aromatic rings. The fourth-order valence-electron chi connectivity index (χ4n) is 4.63. The van der Waals surface area contributed by atoms with Crippen molar-refractivity contribution < 1.29 is 13.2 Å². The molecule has 0 unspecified atom stereocenters. The van der Waals surface area contributed by atoms with Crippen molar-refractivity contribution in [1.82, 2.24) is 14.5 Å². The minimum atomic E-state index is -3.58. The maximum atomic E-state index is 13.0. The highest BCUT2D eigenvalue weighted by molar-refractivity contribution is 7.89. The van der Waals surface area contributed by atoms with Crippen molar-refractivity contribution >= 4 is 15.9 Å². The van der Waals surface area contributed by atoms with Crippen LogP contribution in [-0.2, 0) is 27.9 Å². The Bertz CT molecular complexity index is 1030. The van der Waals surface area contributed by atoms with Crippen LogP contribution < -0.4 is 5.32 Å². The smallest absolute Gasteiger partial charge is 0.243 e. The first-order valence-electron chi connectivity index (χ1n) is 11.6. The number of carbonyl (C=O) groups excluding carboxylic acids is 1. The van der Waals surface area contributed by atoms with E-state index in [1.807, 2.05) is 19.1 Å². The van der Waals surface area contributed by atoms with Gasteiger partial charge in [0.05, 0.1) is 10.8 Å². The second-order valence-corrected chi connectivity index (χ2v) is 10.9. The standard InChI is InChI=1S/C25H33N3O3S/c1-20-10-12-24(13-11-20)32(30,31)28-16-6-9-23(19-28)25(29)26-17-21-7-2-3-8-22(21)18-27-14-4-5-15-27/h2-3,7-8,10-13,23H,4-6,9,14-19H2,1H3,(H,26,29)/t23-/m0/s1. The number of piperidine rings is 1. The van der Waals surface area contributed by atoms with Crippen molar-refractivity contribution in [1.29, 1.82) is 0 Å². The quantitative estimate of drug-likeness (QED) is 0.696. The minimum Gasteiger partial charge on any atom is -0.352 e. The van der Waals surface area contributed by atoms with E-state index in [4.69, 9.17) is 0 Å². The van der Waals surface area contributed by atoms with Crippen molar-refractivity contribution in [2.75, 3.05) is 26.2 Å². The summed E-state index contributed by atoms with van der Waals surface area (Å²) in [6, 6.07) is 15.2. The van der Waals surface area contributed by atoms with Crippen molar-refractivity contribution in [3.8, 4) is 0 Å². The molecule has 7 heteroatoms. The summed E-state index contributed by atoms with van der Waals surface area (Å²) in [5, 5.41) is 3.07. The van der Waals surface area contributed by atoms with E-state index in [0.29, 0.717) is 30.8 Å². The molecule has 0 radical (unpaired) electrons. The van der Waals surface area contributed by atoms with Crippen LogP contribution in [0.1, 0.15) is 42.4 Å². The minimum absolute atomic E-state index is 0.0650. The molecule has 1 atom stereocenters. The lowest BCUT2D eigenvalue weighted by molar-refractivity contribution is -0.126. The van der Waals surface area contributed by atoms with Gasteiger partial charge in [0.1, 0.15) is 0 Å². The first-order chi connectivity index (χ1) is 15.4. The number of hydrogen-bond donors (Lipinski definition) is 1. The number of amides is 1. The van der Waals surface area contributed by atoms with Crippen LogP contribution in [0.4, 0.5) is 0 Å². The fraction of sp³-hybridized carbons (Fsp3) is 0.480. The summed E-state index contributed by atoms with van der Waals surface area (Å²) in [5.74, 6) is -0.389. The summed E-state index contributed by atoms with van der Waals surface area (Å²) in [6.07, 6.45) is 3.90. The number of likely N-dealkylation sites (tertiary alicyclic amines) is 1. The highest BCUT2D eigenvalue weighted by Gasteiger charge is 2.33. The van der Waals surface area contributed by atoms with Gasteiger partial charge in [0.25, 0.3) is 0 Å². The van der Waals surface area contributed by atoms with E-state index in [-0.39, 0.29) is 18.4 Å². The molecule has 2 aliphatic heterocycles. The Labute approximate surface area is 191 Å². The second-order valence-electron chi connectivity index (χ2n) is 8.99. The molecule has 0 aliphatic carbocycles. The van der Waals surface area contributed by atoms with Gasteiger partial charge in [0.15, 0.2) is 0 Å². The van der Waals surface area contributed by atoms with E-state index < -0.39 is 10.0 Å². The van der Waals surface area contributed by atoms with E-state index in [0.717, 1.165) is 30.8 Å². The van der Waals surface area contributed by atoms with E-state index in [9.17, 15) is 13.2 Å². The lowest BCUT2D eigenvalue weighted by Crippen LogP contribution is -2.45. The summed E-state index contributed by atoms with van der Waals surface area (Å²) in [7, 11) is -3.58. The van der Waals surface area contributed by atoms with Gasteiger partial charge < -0.3 is 5.32 Å². The van der Waals surface area contributed by atoms with Gasteiger partial charge >= 0.3 is 0 Å². The average molecular weight is 456 g/mol.